The number of methoxy groups -OCH3 is 1. The molecule has 5 rings (SSSR count). The molecule has 2 bridgehead atoms. The summed E-state index contributed by atoms with van der Waals surface area (Å²) in [6, 6.07) is 16.1. The number of benzene rings is 2. The lowest BCUT2D eigenvalue weighted by Gasteiger charge is -2.35. The third-order valence-electron chi connectivity index (χ3n) is 7.48. The van der Waals surface area contributed by atoms with E-state index in [9.17, 15) is 19.2 Å². The molecule has 9 nitrogen and oxygen atoms in total. The van der Waals surface area contributed by atoms with Crippen molar-refractivity contribution in [2.24, 2.45) is 17.8 Å². The molecule has 2 aromatic carbocycles. The Morgan fingerprint density at radius 2 is 1.76 bits per heavy atom. The first kappa shape index (κ1) is 25.0. The van der Waals surface area contributed by atoms with Crippen LogP contribution in [0.25, 0.3) is 0 Å². The number of hydrogen-bond donors (Lipinski definition) is 0. The molecule has 3 saturated heterocycles. The Balaban J connectivity index is 1.20. The van der Waals surface area contributed by atoms with E-state index in [2.05, 4.69) is 0 Å². The standard InChI is InChI=1S/C28H28O9/c1-33-20-12-10-17(11-13-20)6-5-9-22(29)34-15-19-14-21-23-24(27(32)36-26(23)31)28(19,37-21)16-35-25(30)18-7-3-2-4-8-18/h2-4,7-8,10-13,19,21,23-24H,5-6,9,14-16H2,1H3. The Bertz CT molecular complexity index is 1180. The molecule has 0 spiro atoms. The van der Waals surface area contributed by atoms with E-state index in [4.69, 9.17) is 23.7 Å². The Labute approximate surface area is 214 Å². The Hall–Kier alpha value is -3.72. The van der Waals surface area contributed by atoms with Gasteiger partial charge in [-0.25, -0.2) is 4.79 Å². The lowest BCUT2D eigenvalue weighted by molar-refractivity contribution is -0.163. The maximum Gasteiger partial charge on any atom is 0.338 e. The van der Waals surface area contributed by atoms with Crippen molar-refractivity contribution in [2.45, 2.75) is 37.4 Å². The van der Waals surface area contributed by atoms with Gasteiger partial charge in [0.05, 0.1) is 31.3 Å². The molecule has 37 heavy (non-hydrogen) atoms. The van der Waals surface area contributed by atoms with Crippen LogP contribution in [0, 0.1) is 17.8 Å². The lowest BCUT2D eigenvalue weighted by Crippen LogP contribution is -2.51. The van der Waals surface area contributed by atoms with Crippen molar-refractivity contribution in [3.8, 4) is 5.75 Å². The number of carbonyl (C=O) groups is 4. The van der Waals surface area contributed by atoms with Gasteiger partial charge in [-0.3, -0.25) is 14.4 Å². The molecular weight excluding hydrogens is 480 g/mol. The number of esters is 4. The molecule has 3 aliphatic rings. The molecule has 0 N–H and O–H groups in total. The number of ether oxygens (including phenoxy) is 5. The molecule has 3 aliphatic heterocycles. The summed E-state index contributed by atoms with van der Waals surface area (Å²) in [4.78, 5) is 50.0. The molecule has 3 heterocycles. The number of hydrogen-bond acceptors (Lipinski definition) is 9. The van der Waals surface area contributed by atoms with Gasteiger partial charge in [-0.2, -0.15) is 0 Å². The van der Waals surface area contributed by atoms with Gasteiger partial charge >= 0.3 is 23.9 Å². The molecule has 0 radical (unpaired) electrons. The van der Waals surface area contributed by atoms with E-state index in [-0.39, 0.29) is 25.6 Å². The zero-order valence-electron chi connectivity index (χ0n) is 20.4. The minimum atomic E-state index is -1.29. The van der Waals surface area contributed by atoms with Crippen LogP contribution in [0.1, 0.15) is 35.2 Å². The highest BCUT2D eigenvalue weighted by Crippen LogP contribution is 2.57. The molecule has 0 saturated carbocycles. The Morgan fingerprint density at radius 1 is 1.00 bits per heavy atom. The van der Waals surface area contributed by atoms with Crippen LogP contribution in [0.4, 0.5) is 0 Å². The first-order valence-electron chi connectivity index (χ1n) is 12.4. The van der Waals surface area contributed by atoms with E-state index < -0.39 is 47.4 Å². The topological polar surface area (TPSA) is 114 Å². The summed E-state index contributed by atoms with van der Waals surface area (Å²) in [6.45, 7) is -0.258. The minimum absolute atomic E-state index is 0.00849. The summed E-state index contributed by atoms with van der Waals surface area (Å²) in [5, 5.41) is 0. The second-order valence-electron chi connectivity index (χ2n) is 9.61. The molecule has 0 amide bonds. The number of rotatable bonds is 10. The SMILES string of the molecule is COc1ccc(CCCC(=O)OCC2CC3OC2(COC(=O)c2ccccc2)C2C(=O)OC(=O)C32)cc1. The fourth-order valence-electron chi connectivity index (χ4n) is 5.62. The van der Waals surface area contributed by atoms with E-state index in [1.807, 2.05) is 24.3 Å². The molecule has 194 valence electrons. The predicted octanol–water partition coefficient (Wildman–Crippen LogP) is 2.89. The van der Waals surface area contributed by atoms with Crippen LogP contribution in [0.2, 0.25) is 0 Å². The largest absolute Gasteiger partial charge is 0.497 e. The van der Waals surface area contributed by atoms with Crippen molar-refractivity contribution in [3.05, 3.63) is 65.7 Å². The summed E-state index contributed by atoms with van der Waals surface area (Å²) in [5.74, 6) is -3.54. The highest BCUT2D eigenvalue weighted by atomic mass is 16.6. The zero-order valence-corrected chi connectivity index (χ0v) is 20.4. The van der Waals surface area contributed by atoms with Crippen LogP contribution in [0.3, 0.4) is 0 Å². The molecule has 5 unspecified atom stereocenters. The predicted molar refractivity (Wildman–Crippen MR) is 127 cm³/mol. The van der Waals surface area contributed by atoms with Crippen molar-refractivity contribution in [3.63, 3.8) is 0 Å². The summed E-state index contributed by atoms with van der Waals surface area (Å²) in [6.07, 6.45) is 1.39. The molecule has 3 fully saturated rings. The van der Waals surface area contributed by atoms with Crippen molar-refractivity contribution < 1.29 is 42.9 Å². The van der Waals surface area contributed by atoms with Gasteiger partial charge in [0.15, 0.2) is 0 Å². The van der Waals surface area contributed by atoms with Gasteiger partial charge in [0, 0.05) is 12.3 Å². The average molecular weight is 509 g/mol. The van der Waals surface area contributed by atoms with E-state index in [0.717, 1.165) is 11.3 Å². The van der Waals surface area contributed by atoms with Gasteiger partial charge in [0.2, 0.25) is 0 Å². The van der Waals surface area contributed by atoms with Gasteiger partial charge in [-0.1, -0.05) is 30.3 Å². The van der Waals surface area contributed by atoms with E-state index in [1.54, 1.807) is 37.4 Å². The second-order valence-corrected chi connectivity index (χ2v) is 9.61. The molecule has 0 aromatic heterocycles. The normalized spacial score (nSPS) is 27.5. The first-order valence-corrected chi connectivity index (χ1v) is 12.4. The summed E-state index contributed by atoms with van der Waals surface area (Å²) < 4.78 is 27.3. The highest BCUT2D eigenvalue weighted by molar-refractivity contribution is 5.98. The zero-order chi connectivity index (χ0) is 26.0. The number of carbonyl (C=O) groups excluding carboxylic acids is 4. The maximum absolute atomic E-state index is 12.6. The van der Waals surface area contributed by atoms with Crippen LogP contribution in [0.15, 0.2) is 54.6 Å². The third-order valence-corrected chi connectivity index (χ3v) is 7.48. The van der Waals surface area contributed by atoms with Crippen LogP contribution < -0.4 is 4.74 Å². The van der Waals surface area contributed by atoms with Crippen LogP contribution in [0.5, 0.6) is 5.75 Å². The molecule has 0 aliphatic carbocycles. The summed E-state index contributed by atoms with van der Waals surface area (Å²) in [5.41, 5.74) is 0.157. The van der Waals surface area contributed by atoms with Gasteiger partial charge in [0.25, 0.3) is 0 Å². The van der Waals surface area contributed by atoms with Crippen LogP contribution in [-0.2, 0) is 39.8 Å². The van der Waals surface area contributed by atoms with Crippen molar-refractivity contribution in [2.75, 3.05) is 20.3 Å². The molecule has 9 heteroatoms. The van der Waals surface area contributed by atoms with Gasteiger partial charge in [0.1, 0.15) is 23.9 Å². The van der Waals surface area contributed by atoms with Gasteiger partial charge in [-0.05, 0) is 49.1 Å². The number of cyclic esters (lactones) is 2. The maximum atomic E-state index is 12.6. The van der Waals surface area contributed by atoms with Crippen molar-refractivity contribution >= 4 is 23.9 Å². The van der Waals surface area contributed by atoms with Gasteiger partial charge in [-0.15, -0.1) is 0 Å². The Morgan fingerprint density at radius 3 is 2.49 bits per heavy atom. The van der Waals surface area contributed by atoms with E-state index >= 15 is 0 Å². The molecular formula is C28H28O9. The van der Waals surface area contributed by atoms with E-state index in [0.29, 0.717) is 24.8 Å². The van der Waals surface area contributed by atoms with Crippen molar-refractivity contribution in [1.29, 1.82) is 0 Å². The van der Waals surface area contributed by atoms with Crippen LogP contribution in [-0.4, -0.2) is 55.9 Å². The summed E-state index contributed by atoms with van der Waals surface area (Å²) >= 11 is 0. The molecule has 2 aromatic rings. The molecule has 5 atom stereocenters. The third kappa shape index (κ3) is 4.83. The summed E-state index contributed by atoms with van der Waals surface area (Å²) in [7, 11) is 1.61. The highest BCUT2D eigenvalue weighted by Gasteiger charge is 2.73. The fraction of sp³-hybridized carbons (Fsp3) is 0.429. The smallest absolute Gasteiger partial charge is 0.338 e. The lowest BCUT2D eigenvalue weighted by atomic mass is 9.67. The number of aryl methyl sites for hydroxylation is 1. The van der Waals surface area contributed by atoms with Crippen molar-refractivity contribution in [1.82, 2.24) is 0 Å². The average Bonchev–Trinajstić information content (AvgIpc) is 3.55. The first-order chi connectivity index (χ1) is 17.9. The fourth-order valence-corrected chi connectivity index (χ4v) is 5.62. The minimum Gasteiger partial charge on any atom is -0.497 e. The quantitative estimate of drug-likeness (QED) is 0.271. The second kappa shape index (κ2) is 10.3. The van der Waals surface area contributed by atoms with Crippen LogP contribution >= 0.6 is 0 Å². The Kier molecular flexibility index (Phi) is 6.97. The van der Waals surface area contributed by atoms with Gasteiger partial charge < -0.3 is 23.7 Å². The number of fused-ring (bicyclic) bond motifs is 5. The monoisotopic (exact) mass is 508 g/mol. The van der Waals surface area contributed by atoms with E-state index in [1.165, 1.54) is 0 Å².